The van der Waals surface area contributed by atoms with Gasteiger partial charge in [0, 0.05) is 20.0 Å². The fourth-order valence-corrected chi connectivity index (χ4v) is 2.14. The molecule has 1 aliphatic heterocycles. The summed E-state index contributed by atoms with van der Waals surface area (Å²) in [5, 5.41) is 10.6. The summed E-state index contributed by atoms with van der Waals surface area (Å²) in [6.07, 6.45) is 0.808. The number of methoxy groups -OCH3 is 1. The topological polar surface area (TPSA) is 38.7 Å². The van der Waals surface area contributed by atoms with Crippen LogP contribution in [-0.2, 0) is 15.1 Å². The maximum Gasteiger partial charge on any atom is 0.160 e. The fourth-order valence-electron chi connectivity index (χ4n) is 2.14. The third-order valence-electron chi connectivity index (χ3n) is 3.14. The highest BCUT2D eigenvalue weighted by Crippen LogP contribution is 2.34. The Morgan fingerprint density at radius 3 is 3.00 bits per heavy atom. The smallest absolute Gasteiger partial charge is 0.160 e. The maximum atomic E-state index is 10.6. The molecular weight excluding hydrogens is 204 g/mol. The van der Waals surface area contributed by atoms with E-state index >= 15 is 0 Å². The molecular formula is C13H18O3. The number of ether oxygens (including phenoxy) is 2. The molecule has 1 fully saturated rings. The molecule has 2 atom stereocenters. The molecule has 0 aromatic heterocycles. The highest BCUT2D eigenvalue weighted by Gasteiger charge is 2.36. The van der Waals surface area contributed by atoms with Crippen LogP contribution in [0.5, 0.6) is 0 Å². The van der Waals surface area contributed by atoms with Crippen molar-refractivity contribution in [3.63, 3.8) is 0 Å². The Kier molecular flexibility index (Phi) is 3.28. The lowest BCUT2D eigenvalue weighted by molar-refractivity contribution is -0.202. The standard InChI is InChI=1S/C13H18O3/c1-10-4-3-5-11(8-10)13(14)6-7-16-12(9-13)15-2/h3-5,8,12,14H,6-7,9H2,1-2H3. The molecule has 1 aromatic rings. The van der Waals surface area contributed by atoms with Crippen molar-refractivity contribution >= 4 is 0 Å². The first kappa shape index (κ1) is 11.6. The van der Waals surface area contributed by atoms with E-state index < -0.39 is 5.60 Å². The predicted molar refractivity (Wildman–Crippen MR) is 61.1 cm³/mol. The molecule has 16 heavy (non-hydrogen) atoms. The lowest BCUT2D eigenvalue weighted by Crippen LogP contribution is -2.39. The van der Waals surface area contributed by atoms with Gasteiger partial charge in [0.15, 0.2) is 6.29 Å². The Morgan fingerprint density at radius 1 is 1.50 bits per heavy atom. The molecule has 3 heteroatoms. The number of hydrogen-bond donors (Lipinski definition) is 1. The van der Waals surface area contributed by atoms with E-state index in [1.807, 2.05) is 31.2 Å². The van der Waals surface area contributed by atoms with Crippen molar-refractivity contribution in [2.75, 3.05) is 13.7 Å². The summed E-state index contributed by atoms with van der Waals surface area (Å²) in [6, 6.07) is 7.99. The van der Waals surface area contributed by atoms with E-state index in [1.165, 1.54) is 0 Å². The highest BCUT2D eigenvalue weighted by molar-refractivity contribution is 5.27. The van der Waals surface area contributed by atoms with Crippen LogP contribution in [0.1, 0.15) is 24.0 Å². The van der Waals surface area contributed by atoms with Gasteiger partial charge in [0.05, 0.1) is 12.2 Å². The van der Waals surface area contributed by atoms with Crippen LogP contribution in [0.4, 0.5) is 0 Å². The normalized spacial score (nSPS) is 30.3. The zero-order valence-electron chi connectivity index (χ0n) is 9.77. The Hall–Kier alpha value is -0.900. The quantitative estimate of drug-likeness (QED) is 0.831. The summed E-state index contributed by atoms with van der Waals surface area (Å²) in [5.41, 5.74) is 1.30. The van der Waals surface area contributed by atoms with Crippen molar-refractivity contribution in [3.05, 3.63) is 35.4 Å². The first-order chi connectivity index (χ1) is 7.64. The van der Waals surface area contributed by atoms with Crippen LogP contribution in [0.3, 0.4) is 0 Å². The molecule has 0 amide bonds. The molecule has 1 N–H and O–H groups in total. The molecule has 0 saturated carbocycles. The van der Waals surface area contributed by atoms with Gasteiger partial charge in [0.2, 0.25) is 0 Å². The van der Waals surface area contributed by atoms with Crippen LogP contribution in [-0.4, -0.2) is 25.1 Å². The van der Waals surface area contributed by atoms with Gasteiger partial charge in [-0.15, -0.1) is 0 Å². The van der Waals surface area contributed by atoms with Crippen molar-refractivity contribution in [1.29, 1.82) is 0 Å². The molecule has 1 heterocycles. The lowest BCUT2D eigenvalue weighted by Gasteiger charge is -2.36. The zero-order valence-corrected chi connectivity index (χ0v) is 9.77. The van der Waals surface area contributed by atoms with E-state index in [4.69, 9.17) is 9.47 Å². The van der Waals surface area contributed by atoms with Crippen LogP contribution in [0.2, 0.25) is 0 Å². The van der Waals surface area contributed by atoms with Crippen LogP contribution < -0.4 is 0 Å². The number of aliphatic hydroxyl groups is 1. The van der Waals surface area contributed by atoms with Gasteiger partial charge in [-0.05, 0) is 12.5 Å². The van der Waals surface area contributed by atoms with E-state index in [0.29, 0.717) is 19.4 Å². The molecule has 0 radical (unpaired) electrons. The highest BCUT2D eigenvalue weighted by atomic mass is 16.7. The minimum atomic E-state index is -0.815. The van der Waals surface area contributed by atoms with E-state index in [1.54, 1.807) is 7.11 Å². The van der Waals surface area contributed by atoms with Gasteiger partial charge < -0.3 is 14.6 Å². The molecule has 88 valence electrons. The van der Waals surface area contributed by atoms with E-state index in [9.17, 15) is 5.11 Å². The van der Waals surface area contributed by atoms with Gasteiger partial charge in [-0.3, -0.25) is 0 Å². The summed E-state index contributed by atoms with van der Waals surface area (Å²) in [5.74, 6) is 0. The van der Waals surface area contributed by atoms with Gasteiger partial charge in [-0.1, -0.05) is 29.8 Å². The maximum absolute atomic E-state index is 10.6. The lowest BCUT2D eigenvalue weighted by atomic mass is 9.85. The molecule has 0 aliphatic carbocycles. The fraction of sp³-hybridized carbons (Fsp3) is 0.538. The van der Waals surface area contributed by atoms with Gasteiger partial charge in [0.25, 0.3) is 0 Å². The first-order valence-corrected chi connectivity index (χ1v) is 5.58. The van der Waals surface area contributed by atoms with Crippen LogP contribution in [0.25, 0.3) is 0 Å². The average Bonchev–Trinajstić information content (AvgIpc) is 2.29. The third-order valence-corrected chi connectivity index (χ3v) is 3.14. The summed E-state index contributed by atoms with van der Waals surface area (Å²) < 4.78 is 10.5. The van der Waals surface area contributed by atoms with Crippen molar-refractivity contribution in [2.45, 2.75) is 31.7 Å². The van der Waals surface area contributed by atoms with Crippen LogP contribution >= 0.6 is 0 Å². The van der Waals surface area contributed by atoms with Gasteiger partial charge >= 0.3 is 0 Å². The summed E-state index contributed by atoms with van der Waals surface area (Å²) >= 11 is 0. The van der Waals surface area contributed by atoms with Gasteiger partial charge in [-0.25, -0.2) is 0 Å². The first-order valence-electron chi connectivity index (χ1n) is 5.58. The Labute approximate surface area is 96.0 Å². The molecule has 3 nitrogen and oxygen atoms in total. The molecule has 1 saturated heterocycles. The number of benzene rings is 1. The van der Waals surface area contributed by atoms with Crippen molar-refractivity contribution in [2.24, 2.45) is 0 Å². The molecule has 2 unspecified atom stereocenters. The summed E-state index contributed by atoms with van der Waals surface area (Å²) in [7, 11) is 1.60. The zero-order chi connectivity index (χ0) is 11.6. The van der Waals surface area contributed by atoms with Gasteiger partial charge in [-0.2, -0.15) is 0 Å². The van der Waals surface area contributed by atoms with Crippen molar-refractivity contribution < 1.29 is 14.6 Å². The van der Waals surface area contributed by atoms with Crippen LogP contribution in [0.15, 0.2) is 24.3 Å². The van der Waals surface area contributed by atoms with E-state index in [-0.39, 0.29) is 6.29 Å². The third kappa shape index (κ3) is 2.26. The summed E-state index contributed by atoms with van der Waals surface area (Å²) in [4.78, 5) is 0. The molecule has 1 aliphatic rings. The molecule has 2 rings (SSSR count). The largest absolute Gasteiger partial charge is 0.385 e. The van der Waals surface area contributed by atoms with E-state index in [0.717, 1.165) is 11.1 Å². The van der Waals surface area contributed by atoms with E-state index in [2.05, 4.69) is 0 Å². The van der Waals surface area contributed by atoms with Crippen molar-refractivity contribution in [1.82, 2.24) is 0 Å². The molecule has 0 spiro atoms. The Bertz CT molecular complexity index is 364. The summed E-state index contributed by atoms with van der Waals surface area (Å²) in [6.45, 7) is 2.56. The minimum Gasteiger partial charge on any atom is -0.385 e. The van der Waals surface area contributed by atoms with Crippen LogP contribution in [0, 0.1) is 6.92 Å². The van der Waals surface area contributed by atoms with Crippen molar-refractivity contribution in [3.8, 4) is 0 Å². The average molecular weight is 222 g/mol. The SMILES string of the molecule is COC1CC(O)(c2cccc(C)c2)CCO1. The number of aryl methyl sites for hydroxylation is 1. The monoisotopic (exact) mass is 222 g/mol. The Morgan fingerprint density at radius 2 is 2.31 bits per heavy atom. The molecule has 0 bridgehead atoms. The van der Waals surface area contributed by atoms with Gasteiger partial charge in [0.1, 0.15) is 0 Å². The second kappa shape index (κ2) is 4.53. The minimum absolute atomic E-state index is 0.306. The second-order valence-electron chi connectivity index (χ2n) is 4.39. The number of rotatable bonds is 2. The Balaban J connectivity index is 2.23. The molecule has 1 aromatic carbocycles. The predicted octanol–water partition coefficient (Wildman–Crippen LogP) is 1.97. The number of hydrogen-bond acceptors (Lipinski definition) is 3. The second-order valence-corrected chi connectivity index (χ2v) is 4.39.